The van der Waals surface area contributed by atoms with Crippen LogP contribution in [-0.4, -0.2) is 17.8 Å². The van der Waals surface area contributed by atoms with Crippen molar-refractivity contribution in [3.05, 3.63) is 20.8 Å². The molecule has 1 aromatic heterocycles. The first-order chi connectivity index (χ1) is 8.16. The summed E-state index contributed by atoms with van der Waals surface area (Å²) in [5, 5.41) is 5.26. The van der Waals surface area contributed by atoms with E-state index >= 15 is 0 Å². The second-order valence-electron chi connectivity index (χ2n) is 4.43. The number of alkyl halides is 1. The minimum absolute atomic E-state index is 0.0277. The Balaban J connectivity index is 1.79. The lowest BCUT2D eigenvalue weighted by atomic mass is 9.89. The molecule has 0 unspecified atom stereocenters. The molecule has 1 heterocycles. The molecule has 0 saturated heterocycles. The summed E-state index contributed by atoms with van der Waals surface area (Å²) in [5.74, 6) is 0.618. The van der Waals surface area contributed by atoms with Gasteiger partial charge in [-0.15, -0.1) is 22.9 Å². The zero-order valence-electron chi connectivity index (χ0n) is 9.42. The fourth-order valence-corrected chi connectivity index (χ4v) is 3.82. The van der Waals surface area contributed by atoms with Crippen molar-refractivity contribution in [3.8, 4) is 0 Å². The summed E-state index contributed by atoms with van der Waals surface area (Å²) in [4.78, 5) is 12.6. The highest BCUT2D eigenvalue weighted by Crippen LogP contribution is 2.27. The van der Waals surface area contributed by atoms with E-state index in [0.717, 1.165) is 41.6 Å². The van der Waals surface area contributed by atoms with Crippen LogP contribution in [0.2, 0.25) is 0 Å². The quantitative estimate of drug-likeness (QED) is 0.829. The van der Waals surface area contributed by atoms with Gasteiger partial charge >= 0.3 is 0 Å². The Kier molecular flexibility index (Phi) is 4.88. The molecular formula is C12H15BrClNOS. The van der Waals surface area contributed by atoms with E-state index in [0.29, 0.717) is 11.3 Å². The van der Waals surface area contributed by atoms with E-state index in [-0.39, 0.29) is 5.91 Å². The first-order valence-electron chi connectivity index (χ1n) is 5.82. The Bertz CT molecular complexity index is 388. The summed E-state index contributed by atoms with van der Waals surface area (Å²) in [6.07, 6.45) is 4.40. The predicted molar refractivity (Wildman–Crippen MR) is 76.0 cm³/mol. The summed E-state index contributed by atoms with van der Waals surface area (Å²) in [6.45, 7) is 0.771. The average Bonchev–Trinajstić information content (AvgIpc) is 2.74. The molecule has 94 valence electrons. The fraction of sp³-hybridized carbons (Fsp3) is 0.583. The van der Waals surface area contributed by atoms with E-state index in [1.807, 2.05) is 11.4 Å². The monoisotopic (exact) mass is 335 g/mol. The maximum absolute atomic E-state index is 11.9. The summed E-state index contributed by atoms with van der Waals surface area (Å²) < 4.78 is 0.879. The fourth-order valence-electron chi connectivity index (χ4n) is 2.10. The molecule has 0 spiro atoms. The standard InChI is InChI=1S/C12H15BrClNOS/c13-10-5-6-17-11(10)12(16)15-7-8-1-3-9(14)4-2-8/h5-6,8-9H,1-4,7H2,(H,15,16). The molecule has 1 amide bonds. The van der Waals surface area contributed by atoms with Crippen LogP contribution in [0, 0.1) is 5.92 Å². The lowest BCUT2D eigenvalue weighted by molar-refractivity contribution is 0.0947. The Labute approximate surface area is 119 Å². The Morgan fingerprint density at radius 3 is 2.76 bits per heavy atom. The van der Waals surface area contributed by atoms with E-state index in [1.165, 1.54) is 11.3 Å². The van der Waals surface area contributed by atoms with Gasteiger partial charge in [0.1, 0.15) is 4.88 Å². The third kappa shape index (κ3) is 3.70. The number of hydrogen-bond donors (Lipinski definition) is 1. The first-order valence-corrected chi connectivity index (χ1v) is 7.93. The number of thiophene rings is 1. The molecule has 5 heteroatoms. The number of nitrogens with one attached hydrogen (secondary N) is 1. The number of carbonyl (C=O) groups excluding carboxylic acids is 1. The molecule has 0 atom stereocenters. The van der Waals surface area contributed by atoms with Crippen molar-refractivity contribution in [2.24, 2.45) is 5.92 Å². The molecule has 1 saturated carbocycles. The van der Waals surface area contributed by atoms with E-state index < -0.39 is 0 Å². The van der Waals surface area contributed by atoms with Crippen molar-refractivity contribution < 1.29 is 4.79 Å². The van der Waals surface area contributed by atoms with E-state index in [4.69, 9.17) is 11.6 Å². The highest BCUT2D eigenvalue weighted by molar-refractivity contribution is 9.10. The van der Waals surface area contributed by atoms with E-state index in [9.17, 15) is 4.79 Å². The molecule has 0 aromatic carbocycles. The van der Waals surface area contributed by atoms with Gasteiger partial charge < -0.3 is 5.32 Å². The van der Waals surface area contributed by atoms with Gasteiger partial charge in [0.2, 0.25) is 0 Å². The summed E-state index contributed by atoms with van der Waals surface area (Å²) in [7, 11) is 0. The third-order valence-electron chi connectivity index (χ3n) is 3.15. The van der Waals surface area contributed by atoms with Gasteiger partial charge in [0.05, 0.1) is 0 Å². The van der Waals surface area contributed by atoms with Gasteiger partial charge in [-0.2, -0.15) is 0 Å². The van der Waals surface area contributed by atoms with Crippen molar-refractivity contribution in [3.63, 3.8) is 0 Å². The molecule has 1 aliphatic carbocycles. The molecule has 1 aromatic rings. The first kappa shape index (κ1) is 13.4. The second-order valence-corrected chi connectivity index (χ2v) is 6.81. The number of carbonyl (C=O) groups is 1. The van der Waals surface area contributed by atoms with Crippen molar-refractivity contribution in [2.75, 3.05) is 6.54 Å². The van der Waals surface area contributed by atoms with Gasteiger partial charge in [-0.05, 0) is 59.0 Å². The normalized spacial score (nSPS) is 24.6. The highest BCUT2D eigenvalue weighted by atomic mass is 79.9. The zero-order chi connectivity index (χ0) is 12.3. The summed E-state index contributed by atoms with van der Waals surface area (Å²) in [5.41, 5.74) is 0. The number of rotatable bonds is 3. The van der Waals surface area contributed by atoms with E-state index in [2.05, 4.69) is 21.2 Å². The molecule has 1 aliphatic rings. The highest BCUT2D eigenvalue weighted by Gasteiger charge is 2.20. The van der Waals surface area contributed by atoms with Crippen molar-refractivity contribution in [2.45, 2.75) is 31.1 Å². The maximum Gasteiger partial charge on any atom is 0.262 e. The second kappa shape index (κ2) is 6.21. The minimum Gasteiger partial charge on any atom is -0.351 e. The Hall–Kier alpha value is -0.0600. The van der Waals surface area contributed by atoms with Crippen LogP contribution in [-0.2, 0) is 0 Å². The van der Waals surface area contributed by atoms with Crippen LogP contribution in [0.4, 0.5) is 0 Å². The number of amides is 1. The van der Waals surface area contributed by atoms with Gasteiger partial charge in [-0.1, -0.05) is 0 Å². The molecule has 0 aliphatic heterocycles. The topological polar surface area (TPSA) is 29.1 Å². The summed E-state index contributed by atoms with van der Waals surface area (Å²) in [6, 6.07) is 1.90. The van der Waals surface area contributed by atoms with Crippen molar-refractivity contribution in [1.29, 1.82) is 0 Å². The third-order valence-corrected chi connectivity index (χ3v) is 5.42. The molecule has 2 rings (SSSR count). The van der Waals surface area contributed by atoms with Crippen molar-refractivity contribution in [1.82, 2.24) is 5.32 Å². The van der Waals surface area contributed by atoms with Gasteiger partial charge in [0, 0.05) is 16.4 Å². The maximum atomic E-state index is 11.9. The smallest absolute Gasteiger partial charge is 0.262 e. The lowest BCUT2D eigenvalue weighted by Crippen LogP contribution is -2.31. The van der Waals surface area contributed by atoms with Crippen LogP contribution in [0.25, 0.3) is 0 Å². The van der Waals surface area contributed by atoms with Crippen LogP contribution in [0.15, 0.2) is 15.9 Å². The molecular weight excluding hydrogens is 322 g/mol. The number of hydrogen-bond acceptors (Lipinski definition) is 2. The molecule has 2 nitrogen and oxygen atoms in total. The lowest BCUT2D eigenvalue weighted by Gasteiger charge is -2.24. The van der Waals surface area contributed by atoms with Crippen LogP contribution >= 0.6 is 38.9 Å². The number of halogens is 2. The van der Waals surface area contributed by atoms with Crippen LogP contribution < -0.4 is 5.32 Å². The van der Waals surface area contributed by atoms with Crippen LogP contribution in [0.1, 0.15) is 35.4 Å². The van der Waals surface area contributed by atoms with Gasteiger partial charge in [0.15, 0.2) is 0 Å². The molecule has 0 bridgehead atoms. The molecule has 1 fully saturated rings. The Morgan fingerprint density at radius 2 is 2.18 bits per heavy atom. The van der Waals surface area contributed by atoms with Crippen LogP contribution in [0.3, 0.4) is 0 Å². The Morgan fingerprint density at radius 1 is 1.47 bits per heavy atom. The SMILES string of the molecule is O=C(NCC1CCC(Cl)CC1)c1sccc1Br. The molecule has 0 radical (unpaired) electrons. The predicted octanol–water partition coefficient (Wildman–Crippen LogP) is 4.04. The summed E-state index contributed by atoms with van der Waals surface area (Å²) >= 11 is 10.9. The minimum atomic E-state index is 0.0277. The van der Waals surface area contributed by atoms with Gasteiger partial charge in [-0.25, -0.2) is 0 Å². The van der Waals surface area contributed by atoms with Gasteiger partial charge in [-0.3, -0.25) is 4.79 Å². The van der Waals surface area contributed by atoms with Gasteiger partial charge in [0.25, 0.3) is 5.91 Å². The van der Waals surface area contributed by atoms with Crippen molar-refractivity contribution >= 4 is 44.8 Å². The average molecular weight is 337 g/mol. The molecule has 1 N–H and O–H groups in total. The zero-order valence-corrected chi connectivity index (χ0v) is 12.6. The van der Waals surface area contributed by atoms with Crippen LogP contribution in [0.5, 0.6) is 0 Å². The largest absolute Gasteiger partial charge is 0.351 e. The molecule has 17 heavy (non-hydrogen) atoms. The van der Waals surface area contributed by atoms with E-state index in [1.54, 1.807) is 0 Å².